The molecular weight excluding hydrogens is 188 g/mol. The molecule has 0 fully saturated rings. The fourth-order valence-corrected chi connectivity index (χ4v) is 1.51. The Hall–Kier alpha value is -1.16. The highest BCUT2D eigenvalue weighted by Crippen LogP contribution is 2.20. The first-order chi connectivity index (χ1) is 6.24. The van der Waals surface area contributed by atoms with Gasteiger partial charge < -0.3 is 9.52 Å². The van der Waals surface area contributed by atoms with Crippen LogP contribution in [-0.2, 0) is 0 Å². The van der Waals surface area contributed by atoms with Crippen molar-refractivity contribution < 1.29 is 14.3 Å². The standard InChI is InChI=1S/C9H10O3S/c1-2-3-6-13-8-5-4-7(12-8)9(10)11/h2-5H,6H2,1H3,(H,10,11). The molecule has 1 heterocycles. The van der Waals surface area contributed by atoms with Crippen molar-refractivity contribution in [3.8, 4) is 0 Å². The van der Waals surface area contributed by atoms with E-state index in [0.717, 1.165) is 5.75 Å². The van der Waals surface area contributed by atoms with Crippen LogP contribution in [0.15, 0.2) is 33.8 Å². The summed E-state index contributed by atoms with van der Waals surface area (Å²) in [7, 11) is 0. The number of carboxylic acids is 1. The van der Waals surface area contributed by atoms with Crippen molar-refractivity contribution in [2.75, 3.05) is 5.75 Å². The molecular formula is C9H10O3S. The predicted molar refractivity (Wildman–Crippen MR) is 51.2 cm³/mol. The monoisotopic (exact) mass is 198 g/mol. The number of aromatic carboxylic acids is 1. The summed E-state index contributed by atoms with van der Waals surface area (Å²) in [6.45, 7) is 1.94. The molecule has 0 saturated carbocycles. The van der Waals surface area contributed by atoms with Crippen molar-refractivity contribution in [2.45, 2.75) is 12.0 Å². The van der Waals surface area contributed by atoms with Gasteiger partial charge in [-0.25, -0.2) is 4.79 Å². The van der Waals surface area contributed by atoms with Crippen LogP contribution >= 0.6 is 11.8 Å². The molecule has 0 unspecified atom stereocenters. The van der Waals surface area contributed by atoms with E-state index in [0.29, 0.717) is 5.09 Å². The molecule has 0 aliphatic heterocycles. The van der Waals surface area contributed by atoms with Crippen LogP contribution in [0.5, 0.6) is 0 Å². The first-order valence-electron chi connectivity index (χ1n) is 3.81. The Kier molecular flexibility index (Phi) is 3.64. The summed E-state index contributed by atoms with van der Waals surface area (Å²) in [6.07, 6.45) is 3.92. The van der Waals surface area contributed by atoms with E-state index in [2.05, 4.69) is 0 Å². The minimum Gasteiger partial charge on any atom is -0.475 e. The zero-order valence-electron chi connectivity index (χ0n) is 7.19. The number of rotatable bonds is 4. The Morgan fingerprint density at radius 2 is 2.46 bits per heavy atom. The quantitative estimate of drug-likeness (QED) is 0.597. The SMILES string of the molecule is CC=CCSc1ccc(C(=O)O)o1. The molecule has 4 heteroatoms. The Balaban J connectivity index is 2.54. The van der Waals surface area contributed by atoms with Gasteiger partial charge in [0.15, 0.2) is 5.09 Å². The molecule has 1 N–H and O–H groups in total. The lowest BCUT2D eigenvalue weighted by Gasteiger charge is -1.90. The average molecular weight is 198 g/mol. The van der Waals surface area contributed by atoms with Crippen molar-refractivity contribution in [3.05, 3.63) is 30.0 Å². The van der Waals surface area contributed by atoms with E-state index in [4.69, 9.17) is 9.52 Å². The van der Waals surface area contributed by atoms with E-state index in [1.165, 1.54) is 17.8 Å². The molecule has 0 saturated heterocycles. The van der Waals surface area contributed by atoms with Crippen LogP contribution in [-0.4, -0.2) is 16.8 Å². The summed E-state index contributed by atoms with van der Waals surface area (Å²) in [5.41, 5.74) is 0. The first kappa shape index (κ1) is 9.92. The summed E-state index contributed by atoms with van der Waals surface area (Å²) < 4.78 is 5.02. The van der Waals surface area contributed by atoms with Gasteiger partial charge in [0, 0.05) is 5.75 Å². The lowest BCUT2D eigenvalue weighted by Crippen LogP contribution is -1.91. The highest BCUT2D eigenvalue weighted by atomic mass is 32.2. The molecule has 1 aromatic rings. The minimum absolute atomic E-state index is 0.0111. The third-order valence-corrected chi connectivity index (χ3v) is 2.21. The van der Waals surface area contributed by atoms with E-state index in [1.54, 1.807) is 6.07 Å². The van der Waals surface area contributed by atoms with E-state index < -0.39 is 5.97 Å². The van der Waals surface area contributed by atoms with Crippen molar-refractivity contribution in [1.82, 2.24) is 0 Å². The molecule has 0 atom stereocenters. The zero-order chi connectivity index (χ0) is 9.68. The molecule has 1 aromatic heterocycles. The number of carbonyl (C=O) groups is 1. The second-order valence-corrected chi connectivity index (χ2v) is 3.33. The number of furan rings is 1. The van der Waals surface area contributed by atoms with E-state index in [1.807, 2.05) is 19.1 Å². The number of carboxylic acid groups (broad SMARTS) is 1. The largest absolute Gasteiger partial charge is 0.475 e. The van der Waals surface area contributed by atoms with Gasteiger partial charge in [-0.05, 0) is 19.1 Å². The van der Waals surface area contributed by atoms with E-state index in [9.17, 15) is 4.79 Å². The van der Waals surface area contributed by atoms with Gasteiger partial charge in [-0.1, -0.05) is 23.9 Å². The second kappa shape index (κ2) is 4.77. The fourth-order valence-electron chi connectivity index (χ4n) is 0.739. The minimum atomic E-state index is -1.03. The van der Waals surface area contributed by atoms with Gasteiger partial charge in [0.2, 0.25) is 5.76 Å². The van der Waals surface area contributed by atoms with Gasteiger partial charge in [-0.15, -0.1) is 0 Å². The average Bonchev–Trinajstić information content (AvgIpc) is 2.53. The maximum absolute atomic E-state index is 10.4. The van der Waals surface area contributed by atoms with Gasteiger partial charge in [0.25, 0.3) is 0 Å². The van der Waals surface area contributed by atoms with Crippen molar-refractivity contribution in [2.24, 2.45) is 0 Å². The van der Waals surface area contributed by atoms with Crippen LogP contribution in [0, 0.1) is 0 Å². The fraction of sp³-hybridized carbons (Fsp3) is 0.222. The Morgan fingerprint density at radius 3 is 3.00 bits per heavy atom. The molecule has 0 aliphatic carbocycles. The predicted octanol–water partition coefficient (Wildman–Crippen LogP) is 2.65. The van der Waals surface area contributed by atoms with Gasteiger partial charge >= 0.3 is 5.97 Å². The van der Waals surface area contributed by atoms with Crippen LogP contribution in [0.4, 0.5) is 0 Å². The highest BCUT2D eigenvalue weighted by Gasteiger charge is 2.07. The molecule has 0 bridgehead atoms. The lowest BCUT2D eigenvalue weighted by atomic mass is 10.5. The smallest absolute Gasteiger partial charge is 0.371 e. The molecule has 0 spiro atoms. The summed E-state index contributed by atoms with van der Waals surface area (Å²) in [6, 6.07) is 3.12. The Labute approximate surface area is 80.4 Å². The Bertz CT molecular complexity index is 314. The maximum Gasteiger partial charge on any atom is 0.371 e. The summed E-state index contributed by atoms with van der Waals surface area (Å²) >= 11 is 1.47. The van der Waals surface area contributed by atoms with E-state index >= 15 is 0 Å². The Morgan fingerprint density at radius 1 is 1.69 bits per heavy atom. The molecule has 0 aliphatic rings. The zero-order valence-corrected chi connectivity index (χ0v) is 8.00. The lowest BCUT2D eigenvalue weighted by molar-refractivity contribution is 0.0656. The van der Waals surface area contributed by atoms with Crippen molar-refractivity contribution >= 4 is 17.7 Å². The second-order valence-electron chi connectivity index (χ2n) is 2.30. The molecule has 3 nitrogen and oxygen atoms in total. The van der Waals surface area contributed by atoms with Crippen LogP contribution in [0.25, 0.3) is 0 Å². The highest BCUT2D eigenvalue weighted by molar-refractivity contribution is 7.99. The molecule has 70 valence electrons. The molecule has 13 heavy (non-hydrogen) atoms. The molecule has 0 radical (unpaired) electrons. The van der Waals surface area contributed by atoms with Crippen molar-refractivity contribution in [1.29, 1.82) is 0 Å². The van der Waals surface area contributed by atoms with Crippen molar-refractivity contribution in [3.63, 3.8) is 0 Å². The number of hydrogen-bond donors (Lipinski definition) is 1. The summed E-state index contributed by atoms with van der Waals surface area (Å²) in [5.74, 6) is -0.246. The molecule has 0 amide bonds. The summed E-state index contributed by atoms with van der Waals surface area (Å²) in [5, 5.41) is 9.19. The van der Waals surface area contributed by atoms with Crippen LogP contribution in [0.2, 0.25) is 0 Å². The van der Waals surface area contributed by atoms with Gasteiger partial charge in [-0.3, -0.25) is 0 Å². The van der Waals surface area contributed by atoms with Crippen LogP contribution in [0.3, 0.4) is 0 Å². The molecule has 0 aromatic carbocycles. The third kappa shape index (κ3) is 2.99. The first-order valence-corrected chi connectivity index (χ1v) is 4.79. The third-order valence-electron chi connectivity index (χ3n) is 1.35. The molecule has 1 rings (SSSR count). The normalized spacial score (nSPS) is 10.8. The maximum atomic E-state index is 10.4. The number of thioether (sulfide) groups is 1. The number of hydrogen-bond acceptors (Lipinski definition) is 3. The number of allylic oxidation sites excluding steroid dienone is 1. The van der Waals surface area contributed by atoms with Gasteiger partial charge in [0.1, 0.15) is 0 Å². The summed E-state index contributed by atoms with van der Waals surface area (Å²) in [4.78, 5) is 10.4. The topological polar surface area (TPSA) is 50.4 Å². The van der Waals surface area contributed by atoms with Gasteiger partial charge in [-0.2, -0.15) is 0 Å². The van der Waals surface area contributed by atoms with Gasteiger partial charge in [0.05, 0.1) is 0 Å². The van der Waals surface area contributed by atoms with E-state index in [-0.39, 0.29) is 5.76 Å². The van der Waals surface area contributed by atoms with Crippen LogP contribution in [0.1, 0.15) is 17.5 Å². The van der Waals surface area contributed by atoms with Crippen LogP contribution < -0.4 is 0 Å².